The molecular weight excluding hydrogens is 256 g/mol. The van der Waals surface area contributed by atoms with Crippen LogP contribution in [-0.2, 0) is 0 Å². The molecule has 0 aliphatic rings. The third kappa shape index (κ3) is 19.7. The molecule has 0 saturated heterocycles. The number of rotatable bonds is 16. The Balaban J connectivity index is 3.05. The van der Waals surface area contributed by atoms with Crippen LogP contribution < -0.4 is 0 Å². The quantitative estimate of drug-likeness (QED) is 0.245. The van der Waals surface area contributed by atoms with E-state index in [1.165, 1.54) is 89.9 Å². The molecule has 0 saturated carbocycles. The average molecular weight is 297 g/mol. The summed E-state index contributed by atoms with van der Waals surface area (Å²) >= 11 is 0. The first-order chi connectivity index (χ1) is 10.3. The largest absolute Gasteiger partial charge is 0.393 e. The summed E-state index contributed by atoms with van der Waals surface area (Å²) in [5.74, 6) is 0. The van der Waals surface area contributed by atoms with Crippen molar-refractivity contribution in [1.29, 1.82) is 0 Å². The molecule has 0 rings (SSSR count). The van der Waals surface area contributed by atoms with Crippen LogP contribution in [0.15, 0.2) is 12.2 Å². The van der Waals surface area contributed by atoms with Crippen LogP contribution in [0.1, 0.15) is 110 Å². The third-order valence-electron chi connectivity index (χ3n) is 4.13. The normalized spacial score (nSPS) is 13.1. The van der Waals surface area contributed by atoms with E-state index in [9.17, 15) is 0 Å². The maximum Gasteiger partial charge on any atom is 0.0512 e. The van der Waals surface area contributed by atoms with Crippen molar-refractivity contribution >= 4 is 0 Å². The lowest BCUT2D eigenvalue weighted by molar-refractivity contribution is 0.180. The first-order valence-corrected chi connectivity index (χ1v) is 9.60. The molecule has 0 aromatic heterocycles. The Morgan fingerprint density at radius 2 is 1.10 bits per heavy atom. The minimum absolute atomic E-state index is 0.109. The molecule has 0 aromatic carbocycles. The highest BCUT2D eigenvalue weighted by Gasteiger charge is 1.95. The molecule has 0 aliphatic heterocycles. The molecule has 0 spiro atoms. The zero-order valence-electron chi connectivity index (χ0n) is 14.8. The van der Waals surface area contributed by atoms with E-state index in [0.717, 1.165) is 6.42 Å². The molecule has 0 radical (unpaired) electrons. The molecule has 21 heavy (non-hydrogen) atoms. The minimum atomic E-state index is -0.109. The fourth-order valence-electron chi connectivity index (χ4n) is 2.69. The summed E-state index contributed by atoms with van der Waals surface area (Å²) in [6, 6.07) is 0. The van der Waals surface area contributed by atoms with Gasteiger partial charge in [-0.15, -0.1) is 0 Å². The summed E-state index contributed by atoms with van der Waals surface area (Å²) < 4.78 is 0. The smallest absolute Gasteiger partial charge is 0.0512 e. The predicted molar refractivity (Wildman–Crippen MR) is 95.7 cm³/mol. The van der Waals surface area contributed by atoms with Crippen molar-refractivity contribution in [2.45, 2.75) is 116 Å². The monoisotopic (exact) mass is 296 g/mol. The molecule has 0 aromatic rings. The van der Waals surface area contributed by atoms with E-state index < -0.39 is 0 Å². The Hall–Kier alpha value is -0.300. The second-order valence-electron chi connectivity index (χ2n) is 6.58. The second kappa shape index (κ2) is 17.8. The van der Waals surface area contributed by atoms with Crippen LogP contribution in [0, 0.1) is 0 Å². The predicted octanol–water partition coefficient (Wildman–Crippen LogP) is 6.79. The highest BCUT2D eigenvalue weighted by Crippen LogP contribution is 2.11. The van der Waals surface area contributed by atoms with Gasteiger partial charge in [-0.05, 0) is 39.0 Å². The summed E-state index contributed by atoms with van der Waals surface area (Å²) in [5, 5.41) is 9.16. The first kappa shape index (κ1) is 20.7. The van der Waals surface area contributed by atoms with Gasteiger partial charge in [-0.3, -0.25) is 0 Å². The highest BCUT2D eigenvalue weighted by molar-refractivity contribution is 4.81. The third-order valence-corrected chi connectivity index (χ3v) is 4.13. The number of allylic oxidation sites excluding steroid dienone is 2. The summed E-state index contributed by atoms with van der Waals surface area (Å²) in [6.45, 7) is 4.16. The SMILES string of the molecule is CCCCCCCC/C=C\CCCCCCCCC(C)O. The second-order valence-corrected chi connectivity index (χ2v) is 6.58. The van der Waals surface area contributed by atoms with Crippen LogP contribution in [0.25, 0.3) is 0 Å². The Bertz CT molecular complexity index is 208. The Kier molecular flexibility index (Phi) is 17.5. The molecule has 1 unspecified atom stereocenters. The molecule has 0 fully saturated rings. The van der Waals surface area contributed by atoms with E-state index in [-0.39, 0.29) is 6.10 Å². The molecular formula is C20H40O. The first-order valence-electron chi connectivity index (χ1n) is 9.60. The van der Waals surface area contributed by atoms with Gasteiger partial charge in [-0.1, -0.05) is 83.3 Å². The summed E-state index contributed by atoms with van der Waals surface area (Å²) in [5.41, 5.74) is 0. The fourth-order valence-corrected chi connectivity index (χ4v) is 2.69. The maximum atomic E-state index is 9.16. The van der Waals surface area contributed by atoms with Crippen molar-refractivity contribution < 1.29 is 5.11 Å². The lowest BCUT2D eigenvalue weighted by Gasteiger charge is -2.03. The van der Waals surface area contributed by atoms with Crippen molar-refractivity contribution in [1.82, 2.24) is 0 Å². The van der Waals surface area contributed by atoms with Gasteiger partial charge in [0.05, 0.1) is 6.10 Å². The Morgan fingerprint density at radius 1 is 0.667 bits per heavy atom. The van der Waals surface area contributed by atoms with Gasteiger partial charge < -0.3 is 5.11 Å². The van der Waals surface area contributed by atoms with Gasteiger partial charge in [0.1, 0.15) is 0 Å². The van der Waals surface area contributed by atoms with Gasteiger partial charge in [0.25, 0.3) is 0 Å². The summed E-state index contributed by atoms with van der Waals surface area (Å²) in [4.78, 5) is 0. The molecule has 1 heteroatoms. The Morgan fingerprint density at radius 3 is 1.57 bits per heavy atom. The zero-order chi connectivity index (χ0) is 15.6. The van der Waals surface area contributed by atoms with E-state index in [1.807, 2.05) is 6.92 Å². The molecule has 0 bridgehead atoms. The Labute approximate surface area is 134 Å². The molecule has 1 N–H and O–H groups in total. The van der Waals surface area contributed by atoms with Crippen LogP contribution in [-0.4, -0.2) is 11.2 Å². The number of hydrogen-bond acceptors (Lipinski definition) is 1. The molecule has 1 atom stereocenters. The van der Waals surface area contributed by atoms with Crippen molar-refractivity contribution in [2.75, 3.05) is 0 Å². The average Bonchev–Trinajstić information content (AvgIpc) is 2.46. The standard InChI is InChI=1S/C20H40O/c1-3-4-5-6-7-8-9-10-11-12-13-14-15-16-17-18-19-20(2)21/h10-11,20-21H,3-9,12-19H2,1-2H3/b11-10-. The maximum absolute atomic E-state index is 9.16. The lowest BCUT2D eigenvalue weighted by atomic mass is 10.1. The number of hydrogen-bond donors (Lipinski definition) is 1. The van der Waals surface area contributed by atoms with Gasteiger partial charge in [-0.2, -0.15) is 0 Å². The van der Waals surface area contributed by atoms with Crippen molar-refractivity contribution in [3.8, 4) is 0 Å². The highest BCUT2D eigenvalue weighted by atomic mass is 16.3. The van der Waals surface area contributed by atoms with E-state index in [0.29, 0.717) is 0 Å². The summed E-state index contributed by atoms with van der Waals surface area (Å²) in [6.07, 6.45) is 24.5. The van der Waals surface area contributed by atoms with Crippen LogP contribution in [0.5, 0.6) is 0 Å². The van der Waals surface area contributed by atoms with Crippen LogP contribution in [0.4, 0.5) is 0 Å². The lowest BCUT2D eigenvalue weighted by Crippen LogP contribution is -1.98. The molecule has 0 aliphatic carbocycles. The van der Waals surface area contributed by atoms with Crippen molar-refractivity contribution in [3.05, 3.63) is 12.2 Å². The van der Waals surface area contributed by atoms with Crippen LogP contribution in [0.2, 0.25) is 0 Å². The topological polar surface area (TPSA) is 20.2 Å². The molecule has 1 nitrogen and oxygen atoms in total. The van der Waals surface area contributed by atoms with Gasteiger partial charge in [0, 0.05) is 0 Å². The number of aliphatic hydroxyl groups is 1. The molecule has 126 valence electrons. The van der Waals surface area contributed by atoms with E-state index in [2.05, 4.69) is 19.1 Å². The van der Waals surface area contributed by atoms with Gasteiger partial charge in [0.2, 0.25) is 0 Å². The van der Waals surface area contributed by atoms with Crippen molar-refractivity contribution in [3.63, 3.8) is 0 Å². The number of unbranched alkanes of at least 4 members (excludes halogenated alkanes) is 12. The van der Waals surface area contributed by atoms with Crippen molar-refractivity contribution in [2.24, 2.45) is 0 Å². The zero-order valence-corrected chi connectivity index (χ0v) is 14.8. The van der Waals surface area contributed by atoms with Gasteiger partial charge in [0.15, 0.2) is 0 Å². The van der Waals surface area contributed by atoms with Crippen LogP contribution in [0.3, 0.4) is 0 Å². The summed E-state index contributed by atoms with van der Waals surface area (Å²) in [7, 11) is 0. The van der Waals surface area contributed by atoms with E-state index in [4.69, 9.17) is 5.11 Å². The molecule has 0 amide bonds. The van der Waals surface area contributed by atoms with Gasteiger partial charge in [-0.25, -0.2) is 0 Å². The number of aliphatic hydroxyl groups excluding tert-OH is 1. The van der Waals surface area contributed by atoms with E-state index >= 15 is 0 Å². The van der Waals surface area contributed by atoms with Crippen LogP contribution >= 0.6 is 0 Å². The minimum Gasteiger partial charge on any atom is -0.393 e. The van der Waals surface area contributed by atoms with E-state index in [1.54, 1.807) is 0 Å². The molecule has 0 heterocycles. The fraction of sp³-hybridized carbons (Fsp3) is 0.900. The van der Waals surface area contributed by atoms with Gasteiger partial charge >= 0.3 is 0 Å².